The van der Waals surface area contributed by atoms with Crippen molar-refractivity contribution in [1.82, 2.24) is 19.5 Å². The van der Waals surface area contributed by atoms with E-state index in [1.807, 2.05) is 41.7 Å². The average molecular weight is 657 g/mol. The van der Waals surface area contributed by atoms with E-state index in [1.165, 1.54) is 42.1 Å². The summed E-state index contributed by atoms with van der Waals surface area (Å²) in [6, 6.07) is 59.8. The molecule has 0 amide bonds. The lowest BCUT2D eigenvalue weighted by molar-refractivity contribution is 0.953. The van der Waals surface area contributed by atoms with Crippen molar-refractivity contribution < 1.29 is 0 Å². The van der Waals surface area contributed by atoms with E-state index in [2.05, 4.69) is 144 Å². The Morgan fingerprint density at radius 3 is 1.56 bits per heavy atom. The number of para-hydroxylation sites is 2. The monoisotopic (exact) mass is 656 g/mol. The Labute approximate surface area is 292 Å². The van der Waals surface area contributed by atoms with Crippen LogP contribution in [0.4, 0.5) is 0 Å². The first-order valence-corrected chi connectivity index (χ1v) is 17.5. The van der Waals surface area contributed by atoms with Gasteiger partial charge < -0.3 is 0 Å². The molecule has 3 heterocycles. The summed E-state index contributed by atoms with van der Waals surface area (Å²) >= 11 is 1.85. The van der Waals surface area contributed by atoms with Gasteiger partial charge in [-0.05, 0) is 58.7 Å². The number of thiophene rings is 1. The number of nitrogens with zero attached hydrogens (tertiary/aromatic N) is 4. The van der Waals surface area contributed by atoms with Crippen molar-refractivity contribution in [2.75, 3.05) is 0 Å². The third-order valence-corrected chi connectivity index (χ3v) is 10.6. The first-order valence-electron chi connectivity index (χ1n) is 16.7. The van der Waals surface area contributed by atoms with Crippen LogP contribution in [0, 0.1) is 0 Å². The van der Waals surface area contributed by atoms with Crippen LogP contribution in [0.15, 0.2) is 170 Å². The van der Waals surface area contributed by atoms with Crippen LogP contribution >= 0.6 is 11.3 Å². The minimum absolute atomic E-state index is 0.596. The van der Waals surface area contributed by atoms with Gasteiger partial charge in [-0.3, -0.25) is 4.57 Å². The molecule has 7 aromatic carbocycles. The van der Waals surface area contributed by atoms with E-state index in [0.717, 1.165) is 33.3 Å². The summed E-state index contributed by atoms with van der Waals surface area (Å²) in [7, 11) is 0. The number of aromatic nitrogens is 4. The molecule has 5 heteroatoms. The second kappa shape index (κ2) is 11.6. The summed E-state index contributed by atoms with van der Waals surface area (Å²) in [4.78, 5) is 15.2. The molecule has 0 unspecified atom stereocenters. The van der Waals surface area contributed by atoms with Gasteiger partial charge in [-0.1, -0.05) is 133 Å². The van der Waals surface area contributed by atoms with Crippen molar-refractivity contribution in [3.8, 4) is 51.0 Å². The Bertz CT molecular complexity index is 2810. The fourth-order valence-corrected chi connectivity index (χ4v) is 8.13. The molecule has 0 fully saturated rings. The van der Waals surface area contributed by atoms with Crippen molar-refractivity contribution in [2.24, 2.45) is 0 Å². The Morgan fingerprint density at radius 1 is 0.340 bits per heavy atom. The van der Waals surface area contributed by atoms with Gasteiger partial charge in [0.1, 0.15) is 0 Å². The molecule has 0 N–H and O–H groups in total. The molecule has 0 bridgehead atoms. The molecule has 0 aliphatic carbocycles. The van der Waals surface area contributed by atoms with Gasteiger partial charge in [0, 0.05) is 42.1 Å². The maximum Gasteiger partial charge on any atom is 0.238 e. The third-order valence-electron chi connectivity index (χ3n) is 9.48. The van der Waals surface area contributed by atoms with E-state index < -0.39 is 0 Å². The zero-order valence-electron chi connectivity index (χ0n) is 26.9. The molecule has 3 aromatic heterocycles. The molecule has 0 atom stereocenters. The van der Waals surface area contributed by atoms with E-state index in [-0.39, 0.29) is 0 Å². The van der Waals surface area contributed by atoms with Gasteiger partial charge in [0.25, 0.3) is 0 Å². The van der Waals surface area contributed by atoms with Crippen LogP contribution in [0.2, 0.25) is 0 Å². The lowest BCUT2D eigenvalue weighted by atomic mass is 9.97. The van der Waals surface area contributed by atoms with Gasteiger partial charge in [-0.2, -0.15) is 9.97 Å². The van der Waals surface area contributed by atoms with Crippen LogP contribution in [0.3, 0.4) is 0 Å². The first-order chi connectivity index (χ1) is 24.8. The number of hydrogen-bond acceptors (Lipinski definition) is 4. The SMILES string of the molecule is c1ccc(-c2nc(-c3ccc(-c4cccc(-c5ccc6sc7ccccc7c6c5)c4)cc3)nc(-n3c4ccccc4c4ccccc43)n2)cc1. The standard InChI is InChI=1S/C45H28N4S/c1-2-11-30(12-3-1)43-46-44(48-45(47-43)49-39-18-7-4-15-35(39)36-16-5-8-19-40(36)49)31-23-21-29(22-24-31)32-13-10-14-33(27-32)34-25-26-42-38(28-34)37-17-6-9-20-41(37)50-42/h1-28H. The summed E-state index contributed by atoms with van der Waals surface area (Å²) in [5, 5.41) is 4.96. The number of rotatable bonds is 5. The smallest absolute Gasteiger partial charge is 0.238 e. The lowest BCUT2D eigenvalue weighted by Gasteiger charge is -2.11. The van der Waals surface area contributed by atoms with E-state index in [0.29, 0.717) is 17.6 Å². The van der Waals surface area contributed by atoms with E-state index in [4.69, 9.17) is 15.0 Å². The zero-order chi connectivity index (χ0) is 33.0. The maximum atomic E-state index is 5.11. The quantitative estimate of drug-likeness (QED) is 0.185. The lowest BCUT2D eigenvalue weighted by Crippen LogP contribution is -2.06. The number of benzene rings is 7. The van der Waals surface area contributed by atoms with Crippen molar-refractivity contribution >= 4 is 53.3 Å². The fourth-order valence-electron chi connectivity index (χ4n) is 7.04. The van der Waals surface area contributed by atoms with Crippen LogP contribution in [0.25, 0.3) is 93.0 Å². The van der Waals surface area contributed by atoms with Crippen LogP contribution in [-0.2, 0) is 0 Å². The molecule has 0 saturated carbocycles. The van der Waals surface area contributed by atoms with Gasteiger partial charge in [0.15, 0.2) is 11.6 Å². The highest BCUT2D eigenvalue weighted by atomic mass is 32.1. The maximum absolute atomic E-state index is 5.11. The molecule has 0 radical (unpaired) electrons. The van der Waals surface area contributed by atoms with E-state index in [1.54, 1.807) is 0 Å². The first kappa shape index (κ1) is 28.6. The minimum atomic E-state index is 0.596. The van der Waals surface area contributed by atoms with Gasteiger partial charge in [0.2, 0.25) is 5.95 Å². The van der Waals surface area contributed by atoms with E-state index in [9.17, 15) is 0 Å². The van der Waals surface area contributed by atoms with Gasteiger partial charge in [-0.15, -0.1) is 11.3 Å². The summed E-state index contributed by atoms with van der Waals surface area (Å²) in [5.74, 6) is 1.87. The van der Waals surface area contributed by atoms with Crippen LogP contribution < -0.4 is 0 Å². The van der Waals surface area contributed by atoms with Crippen molar-refractivity contribution in [1.29, 1.82) is 0 Å². The minimum Gasteiger partial charge on any atom is -0.278 e. The van der Waals surface area contributed by atoms with Gasteiger partial charge in [0.05, 0.1) is 11.0 Å². The van der Waals surface area contributed by atoms with Crippen LogP contribution in [0.1, 0.15) is 0 Å². The van der Waals surface area contributed by atoms with Crippen molar-refractivity contribution in [2.45, 2.75) is 0 Å². The number of hydrogen-bond donors (Lipinski definition) is 0. The number of fused-ring (bicyclic) bond motifs is 6. The molecule has 10 aromatic rings. The highest BCUT2D eigenvalue weighted by Gasteiger charge is 2.17. The Kier molecular flexibility index (Phi) is 6.64. The highest BCUT2D eigenvalue weighted by molar-refractivity contribution is 7.25. The predicted molar refractivity (Wildman–Crippen MR) is 209 cm³/mol. The van der Waals surface area contributed by atoms with E-state index >= 15 is 0 Å². The van der Waals surface area contributed by atoms with Crippen molar-refractivity contribution in [3.63, 3.8) is 0 Å². The molecule has 234 valence electrons. The predicted octanol–water partition coefficient (Wildman–Crippen LogP) is 12.0. The van der Waals surface area contributed by atoms with Crippen LogP contribution in [-0.4, -0.2) is 19.5 Å². The van der Waals surface area contributed by atoms with Crippen LogP contribution in [0.5, 0.6) is 0 Å². The Hall–Kier alpha value is -6.43. The molecular formula is C45H28N4S. The molecule has 50 heavy (non-hydrogen) atoms. The Balaban J connectivity index is 1.06. The summed E-state index contributed by atoms with van der Waals surface area (Å²) < 4.78 is 4.79. The molecule has 4 nitrogen and oxygen atoms in total. The molecule has 0 aliphatic heterocycles. The molecule has 0 aliphatic rings. The highest BCUT2D eigenvalue weighted by Crippen LogP contribution is 2.37. The summed E-state index contributed by atoms with van der Waals surface area (Å²) in [6.45, 7) is 0. The third kappa shape index (κ3) is 4.79. The summed E-state index contributed by atoms with van der Waals surface area (Å²) in [5.41, 5.74) is 8.72. The largest absolute Gasteiger partial charge is 0.278 e. The summed E-state index contributed by atoms with van der Waals surface area (Å²) in [6.07, 6.45) is 0. The molecule has 10 rings (SSSR count). The topological polar surface area (TPSA) is 43.6 Å². The average Bonchev–Trinajstić information content (AvgIpc) is 3.74. The normalized spacial score (nSPS) is 11.6. The van der Waals surface area contributed by atoms with Crippen molar-refractivity contribution in [3.05, 3.63) is 170 Å². The zero-order valence-corrected chi connectivity index (χ0v) is 27.7. The van der Waals surface area contributed by atoms with Gasteiger partial charge >= 0.3 is 0 Å². The molecular weight excluding hydrogens is 629 g/mol. The second-order valence-corrected chi connectivity index (χ2v) is 13.6. The Morgan fingerprint density at radius 2 is 0.840 bits per heavy atom. The fraction of sp³-hybridized carbons (Fsp3) is 0. The molecule has 0 spiro atoms. The van der Waals surface area contributed by atoms with Gasteiger partial charge in [-0.25, -0.2) is 4.98 Å². The molecule has 0 saturated heterocycles. The second-order valence-electron chi connectivity index (χ2n) is 12.5.